The van der Waals surface area contributed by atoms with Crippen molar-refractivity contribution in [1.82, 2.24) is 0 Å². The molecule has 0 amide bonds. The van der Waals surface area contributed by atoms with E-state index in [1.54, 1.807) is 25.1 Å². The normalized spacial score (nSPS) is 13.3. The van der Waals surface area contributed by atoms with Gasteiger partial charge >= 0.3 is 5.97 Å². The van der Waals surface area contributed by atoms with E-state index in [-0.39, 0.29) is 31.4 Å². The highest BCUT2D eigenvalue weighted by atomic mass is 16.7. The zero-order valence-corrected chi connectivity index (χ0v) is 12.3. The molecule has 0 bridgehead atoms. The van der Waals surface area contributed by atoms with Gasteiger partial charge in [0.05, 0.1) is 12.7 Å². The van der Waals surface area contributed by atoms with Gasteiger partial charge in [-0.1, -0.05) is 6.07 Å². The van der Waals surface area contributed by atoms with Crippen LogP contribution in [0.5, 0.6) is 11.5 Å². The Balaban J connectivity index is 1.95. The Labute approximate surface area is 128 Å². The molecule has 0 aliphatic carbocycles. The van der Waals surface area contributed by atoms with E-state index >= 15 is 0 Å². The van der Waals surface area contributed by atoms with Crippen molar-refractivity contribution in [1.29, 1.82) is 5.26 Å². The summed E-state index contributed by atoms with van der Waals surface area (Å²) >= 11 is 0. The smallest absolute Gasteiger partial charge is 0.305 e. The molecule has 1 aromatic carbocycles. The summed E-state index contributed by atoms with van der Waals surface area (Å²) in [6.07, 6.45) is 0.713. The highest BCUT2D eigenvalue weighted by Crippen LogP contribution is 2.35. The van der Waals surface area contributed by atoms with Crippen LogP contribution in [0.3, 0.4) is 0 Å². The molecule has 1 aliphatic heterocycles. The maximum atomic E-state index is 12.2. The van der Waals surface area contributed by atoms with E-state index in [4.69, 9.17) is 14.2 Å². The molecule has 2 rings (SSSR count). The van der Waals surface area contributed by atoms with Gasteiger partial charge in [-0.25, -0.2) is 0 Å². The van der Waals surface area contributed by atoms with Gasteiger partial charge in [0.2, 0.25) is 6.79 Å². The van der Waals surface area contributed by atoms with E-state index < -0.39 is 5.92 Å². The topological polar surface area (TPSA) is 85.6 Å². The summed E-state index contributed by atoms with van der Waals surface area (Å²) in [4.78, 5) is 23.4. The van der Waals surface area contributed by atoms with Crippen molar-refractivity contribution >= 4 is 11.8 Å². The Morgan fingerprint density at radius 3 is 2.82 bits per heavy atom. The molecule has 0 radical (unpaired) electrons. The lowest BCUT2D eigenvalue weighted by molar-refractivity contribution is -0.143. The van der Waals surface area contributed by atoms with Gasteiger partial charge < -0.3 is 14.2 Å². The van der Waals surface area contributed by atoms with Crippen LogP contribution >= 0.6 is 0 Å². The molecule has 6 heteroatoms. The first-order valence-electron chi connectivity index (χ1n) is 7.13. The standard InChI is InChI=1S/C16H17NO5/c1-2-20-16(19)5-3-4-13(18)12(9-17)11-6-7-14-15(8-11)22-10-21-14/h6-8,12H,2-5,10H2,1H3. The molecule has 0 saturated carbocycles. The van der Waals surface area contributed by atoms with Gasteiger partial charge in [0.25, 0.3) is 0 Å². The number of carbonyl (C=O) groups is 2. The summed E-state index contributed by atoms with van der Waals surface area (Å²) < 4.78 is 15.2. The lowest BCUT2D eigenvalue weighted by Crippen LogP contribution is -2.12. The van der Waals surface area contributed by atoms with Crippen molar-refractivity contribution in [2.24, 2.45) is 0 Å². The summed E-state index contributed by atoms with van der Waals surface area (Å²) in [6.45, 7) is 2.20. The van der Waals surface area contributed by atoms with Gasteiger partial charge in [-0.3, -0.25) is 9.59 Å². The van der Waals surface area contributed by atoms with E-state index in [2.05, 4.69) is 0 Å². The number of nitriles is 1. The summed E-state index contributed by atoms with van der Waals surface area (Å²) in [6, 6.07) is 7.04. The van der Waals surface area contributed by atoms with Gasteiger partial charge in [0.1, 0.15) is 5.92 Å². The fourth-order valence-corrected chi connectivity index (χ4v) is 2.21. The third kappa shape index (κ3) is 3.76. The maximum Gasteiger partial charge on any atom is 0.305 e. The van der Waals surface area contributed by atoms with Crippen LogP contribution in [-0.2, 0) is 14.3 Å². The minimum absolute atomic E-state index is 0.142. The molecule has 0 fully saturated rings. The van der Waals surface area contributed by atoms with Crippen LogP contribution in [-0.4, -0.2) is 25.2 Å². The lowest BCUT2D eigenvalue weighted by atomic mass is 9.93. The monoisotopic (exact) mass is 303 g/mol. The summed E-state index contributed by atoms with van der Waals surface area (Å²) in [5.74, 6) is -0.262. The van der Waals surface area contributed by atoms with Gasteiger partial charge in [-0.05, 0) is 31.0 Å². The zero-order valence-electron chi connectivity index (χ0n) is 12.3. The van der Waals surface area contributed by atoms with Crippen LogP contribution in [0.15, 0.2) is 18.2 Å². The Hall–Kier alpha value is -2.55. The Bertz CT molecular complexity index is 605. The quantitative estimate of drug-likeness (QED) is 0.719. The van der Waals surface area contributed by atoms with Crippen molar-refractivity contribution in [2.75, 3.05) is 13.4 Å². The first kappa shape index (κ1) is 15.8. The number of benzene rings is 1. The number of ether oxygens (including phenoxy) is 3. The van der Waals surface area contributed by atoms with Gasteiger partial charge in [-0.15, -0.1) is 0 Å². The molecule has 0 N–H and O–H groups in total. The Kier molecular flexibility index (Phi) is 5.37. The molecule has 22 heavy (non-hydrogen) atoms. The number of hydrogen-bond acceptors (Lipinski definition) is 6. The molecule has 1 atom stereocenters. The van der Waals surface area contributed by atoms with Crippen LogP contribution < -0.4 is 9.47 Å². The highest BCUT2D eigenvalue weighted by molar-refractivity contribution is 5.88. The van der Waals surface area contributed by atoms with Crippen molar-refractivity contribution < 1.29 is 23.8 Å². The largest absolute Gasteiger partial charge is 0.466 e. The zero-order chi connectivity index (χ0) is 15.9. The fourth-order valence-electron chi connectivity index (χ4n) is 2.21. The molecular formula is C16H17NO5. The van der Waals surface area contributed by atoms with E-state index in [9.17, 15) is 14.9 Å². The lowest BCUT2D eigenvalue weighted by Gasteiger charge is -2.09. The number of fused-ring (bicyclic) bond motifs is 1. The third-order valence-electron chi connectivity index (χ3n) is 3.29. The van der Waals surface area contributed by atoms with Crippen LogP contribution in [0.4, 0.5) is 0 Å². The van der Waals surface area contributed by atoms with E-state index in [1.807, 2.05) is 6.07 Å². The minimum Gasteiger partial charge on any atom is -0.466 e. The molecule has 1 aliphatic rings. The summed E-state index contributed by atoms with van der Waals surface area (Å²) in [7, 11) is 0. The van der Waals surface area contributed by atoms with Crippen molar-refractivity contribution in [3.63, 3.8) is 0 Å². The fraction of sp³-hybridized carbons (Fsp3) is 0.438. The molecule has 1 unspecified atom stereocenters. The number of esters is 1. The second-order valence-corrected chi connectivity index (χ2v) is 4.80. The predicted molar refractivity (Wildman–Crippen MR) is 76.4 cm³/mol. The van der Waals surface area contributed by atoms with Crippen LogP contribution in [0.25, 0.3) is 0 Å². The van der Waals surface area contributed by atoms with E-state index in [0.717, 1.165) is 0 Å². The first-order chi connectivity index (χ1) is 10.7. The number of carbonyl (C=O) groups excluding carboxylic acids is 2. The molecule has 1 aromatic rings. The highest BCUT2D eigenvalue weighted by Gasteiger charge is 2.23. The molecule has 0 saturated heterocycles. The molecule has 0 spiro atoms. The first-order valence-corrected chi connectivity index (χ1v) is 7.13. The van der Waals surface area contributed by atoms with Crippen LogP contribution in [0.2, 0.25) is 0 Å². The Morgan fingerprint density at radius 1 is 1.32 bits per heavy atom. The molecule has 1 heterocycles. The average molecular weight is 303 g/mol. The summed E-state index contributed by atoms with van der Waals surface area (Å²) in [5, 5.41) is 9.26. The number of Topliss-reactive ketones (excluding diaryl/α,β-unsaturated/α-hetero) is 1. The minimum atomic E-state index is -0.864. The van der Waals surface area contributed by atoms with Gasteiger partial charge in [-0.2, -0.15) is 5.26 Å². The molecular weight excluding hydrogens is 286 g/mol. The van der Waals surface area contributed by atoms with Gasteiger partial charge in [0.15, 0.2) is 17.3 Å². The van der Waals surface area contributed by atoms with Crippen LogP contribution in [0, 0.1) is 11.3 Å². The van der Waals surface area contributed by atoms with Crippen molar-refractivity contribution in [3.8, 4) is 17.6 Å². The molecule has 0 aromatic heterocycles. The second kappa shape index (κ2) is 7.46. The summed E-state index contributed by atoms with van der Waals surface area (Å²) in [5.41, 5.74) is 0.577. The molecule has 116 valence electrons. The van der Waals surface area contributed by atoms with Gasteiger partial charge in [0, 0.05) is 12.8 Å². The number of nitrogens with zero attached hydrogens (tertiary/aromatic N) is 1. The SMILES string of the molecule is CCOC(=O)CCCC(=O)C(C#N)c1ccc2c(c1)OCO2. The van der Waals surface area contributed by atoms with E-state index in [0.29, 0.717) is 30.1 Å². The average Bonchev–Trinajstić information content (AvgIpc) is 2.96. The molecule has 6 nitrogen and oxygen atoms in total. The van der Waals surface area contributed by atoms with Crippen LogP contribution in [0.1, 0.15) is 37.7 Å². The number of hydrogen-bond donors (Lipinski definition) is 0. The third-order valence-corrected chi connectivity index (χ3v) is 3.29. The maximum absolute atomic E-state index is 12.2. The van der Waals surface area contributed by atoms with Crippen molar-refractivity contribution in [3.05, 3.63) is 23.8 Å². The van der Waals surface area contributed by atoms with Crippen molar-refractivity contribution in [2.45, 2.75) is 32.1 Å². The Morgan fingerprint density at radius 2 is 2.09 bits per heavy atom. The number of ketones is 1. The van der Waals surface area contributed by atoms with E-state index in [1.165, 1.54) is 0 Å². The second-order valence-electron chi connectivity index (χ2n) is 4.80. The number of rotatable bonds is 7. The predicted octanol–water partition coefficient (Wildman–Crippen LogP) is 2.32.